The monoisotopic (exact) mass is 429 g/mol. The first kappa shape index (κ1) is 19.2. The first-order chi connectivity index (χ1) is 14.0. The van der Waals surface area contributed by atoms with E-state index in [1.54, 1.807) is 6.92 Å². The van der Waals surface area contributed by atoms with E-state index in [1.165, 1.54) is 23.5 Å². The summed E-state index contributed by atoms with van der Waals surface area (Å²) in [5.74, 6) is -0.167. The molecular weight excluding hydrogens is 414 g/mol. The van der Waals surface area contributed by atoms with Crippen LogP contribution in [0, 0.1) is 6.92 Å². The third-order valence-electron chi connectivity index (χ3n) is 4.17. The van der Waals surface area contributed by atoms with E-state index in [0.29, 0.717) is 35.3 Å². The van der Waals surface area contributed by atoms with E-state index < -0.39 is 11.8 Å². The number of hydrogen-bond donors (Lipinski definition) is 2. The fourth-order valence-electron chi connectivity index (χ4n) is 2.80. The third-order valence-corrected chi connectivity index (χ3v) is 5.66. The summed E-state index contributed by atoms with van der Waals surface area (Å²) in [5, 5.41) is 1.00. The second-order valence-electron chi connectivity index (χ2n) is 6.19. The number of nitrogens with zero attached hydrogens (tertiary/aromatic N) is 1. The predicted octanol–water partition coefficient (Wildman–Crippen LogP) is 3.62. The largest absolute Gasteiger partial charge is 0.486 e. The standard InChI is InChI=1S/C20H16ClN3O4S/c1-11-17(29-20(22-11)12-5-3-2-4-6-12)19(26)24-23-18(25)13-9-14(21)16-15(10-13)27-7-8-28-16/h2-6,9-10H,7-8H2,1H3,(H,23,25)(H,24,26). The highest BCUT2D eigenvalue weighted by Gasteiger charge is 2.21. The van der Waals surface area contributed by atoms with Crippen LogP contribution in [-0.2, 0) is 0 Å². The number of ether oxygens (including phenoxy) is 2. The lowest BCUT2D eigenvalue weighted by Crippen LogP contribution is -2.41. The van der Waals surface area contributed by atoms with Crippen molar-refractivity contribution in [2.24, 2.45) is 0 Å². The molecule has 1 aliphatic rings. The normalized spacial score (nSPS) is 12.3. The zero-order valence-electron chi connectivity index (χ0n) is 15.3. The van der Waals surface area contributed by atoms with E-state index in [1.807, 2.05) is 30.3 Å². The molecular formula is C20H16ClN3O4S. The van der Waals surface area contributed by atoms with Crippen molar-refractivity contribution in [3.05, 3.63) is 63.6 Å². The molecule has 1 aromatic heterocycles. The number of carbonyl (C=O) groups excluding carboxylic acids is 2. The first-order valence-electron chi connectivity index (χ1n) is 8.75. The van der Waals surface area contributed by atoms with Gasteiger partial charge in [0.05, 0.1) is 10.7 Å². The van der Waals surface area contributed by atoms with E-state index in [2.05, 4.69) is 15.8 Å². The van der Waals surface area contributed by atoms with Crippen LogP contribution in [0.15, 0.2) is 42.5 Å². The van der Waals surface area contributed by atoms with Gasteiger partial charge >= 0.3 is 0 Å². The molecule has 2 heterocycles. The van der Waals surface area contributed by atoms with Crippen molar-refractivity contribution in [1.82, 2.24) is 15.8 Å². The number of amides is 2. The number of benzene rings is 2. The Labute approximate surface area is 175 Å². The number of halogens is 1. The van der Waals surface area contributed by atoms with Gasteiger partial charge in [0.25, 0.3) is 11.8 Å². The lowest BCUT2D eigenvalue weighted by Gasteiger charge is -2.20. The number of aryl methyl sites for hydroxylation is 1. The molecule has 0 aliphatic carbocycles. The average molecular weight is 430 g/mol. The van der Waals surface area contributed by atoms with Crippen molar-refractivity contribution >= 4 is 34.8 Å². The molecule has 0 atom stereocenters. The Kier molecular flexibility index (Phi) is 5.37. The summed E-state index contributed by atoms with van der Waals surface area (Å²) >= 11 is 7.41. The van der Waals surface area contributed by atoms with E-state index in [-0.39, 0.29) is 10.6 Å². The van der Waals surface area contributed by atoms with Gasteiger partial charge in [-0.25, -0.2) is 4.98 Å². The summed E-state index contributed by atoms with van der Waals surface area (Å²) in [6.45, 7) is 2.52. The summed E-state index contributed by atoms with van der Waals surface area (Å²) in [6, 6.07) is 12.6. The smallest absolute Gasteiger partial charge is 0.281 e. The van der Waals surface area contributed by atoms with Gasteiger partial charge in [0.15, 0.2) is 11.5 Å². The molecule has 4 rings (SSSR count). The summed E-state index contributed by atoms with van der Waals surface area (Å²) in [6.07, 6.45) is 0. The molecule has 7 nitrogen and oxygen atoms in total. The Morgan fingerprint density at radius 2 is 1.79 bits per heavy atom. The number of hydrogen-bond acceptors (Lipinski definition) is 6. The SMILES string of the molecule is Cc1nc(-c2ccccc2)sc1C(=O)NNC(=O)c1cc(Cl)c2c(c1)OCCO2. The Morgan fingerprint density at radius 1 is 1.07 bits per heavy atom. The van der Waals surface area contributed by atoms with Crippen LogP contribution in [0.5, 0.6) is 11.5 Å². The van der Waals surface area contributed by atoms with Crippen molar-refractivity contribution in [2.75, 3.05) is 13.2 Å². The van der Waals surface area contributed by atoms with Crippen molar-refractivity contribution in [3.8, 4) is 22.1 Å². The Morgan fingerprint density at radius 3 is 2.59 bits per heavy atom. The van der Waals surface area contributed by atoms with E-state index in [4.69, 9.17) is 21.1 Å². The first-order valence-corrected chi connectivity index (χ1v) is 9.95. The molecule has 0 fully saturated rings. The second-order valence-corrected chi connectivity index (χ2v) is 7.60. The van der Waals surface area contributed by atoms with Crippen LogP contribution in [0.3, 0.4) is 0 Å². The molecule has 2 amide bonds. The number of carbonyl (C=O) groups is 2. The maximum atomic E-state index is 12.5. The molecule has 9 heteroatoms. The molecule has 2 N–H and O–H groups in total. The van der Waals surface area contributed by atoms with Gasteiger partial charge < -0.3 is 9.47 Å². The number of aromatic nitrogens is 1. The topological polar surface area (TPSA) is 89.6 Å². The fourth-order valence-corrected chi connectivity index (χ4v) is 4.03. The van der Waals surface area contributed by atoms with Crippen LogP contribution >= 0.6 is 22.9 Å². The highest BCUT2D eigenvalue weighted by molar-refractivity contribution is 7.17. The van der Waals surface area contributed by atoms with Gasteiger partial charge in [-0.05, 0) is 19.1 Å². The molecule has 3 aromatic rings. The minimum absolute atomic E-state index is 0.241. The quantitative estimate of drug-likeness (QED) is 0.621. The summed E-state index contributed by atoms with van der Waals surface area (Å²) in [7, 11) is 0. The highest BCUT2D eigenvalue weighted by Crippen LogP contribution is 2.38. The molecule has 0 bridgehead atoms. The number of fused-ring (bicyclic) bond motifs is 1. The molecule has 2 aromatic carbocycles. The third kappa shape index (κ3) is 4.03. The molecule has 0 spiro atoms. The fraction of sp³-hybridized carbons (Fsp3) is 0.150. The summed E-state index contributed by atoms with van der Waals surface area (Å²) in [4.78, 5) is 29.8. The van der Waals surface area contributed by atoms with Gasteiger partial charge in [-0.15, -0.1) is 11.3 Å². The molecule has 0 saturated heterocycles. The maximum Gasteiger partial charge on any atom is 0.281 e. The van der Waals surface area contributed by atoms with Crippen LogP contribution in [0.1, 0.15) is 25.7 Å². The van der Waals surface area contributed by atoms with Gasteiger partial charge in [-0.1, -0.05) is 41.9 Å². The zero-order valence-corrected chi connectivity index (χ0v) is 16.9. The van der Waals surface area contributed by atoms with Gasteiger partial charge in [0, 0.05) is 11.1 Å². The predicted molar refractivity (Wildman–Crippen MR) is 110 cm³/mol. The Bertz CT molecular complexity index is 1080. The van der Waals surface area contributed by atoms with Gasteiger partial charge in [0.1, 0.15) is 23.1 Å². The van der Waals surface area contributed by atoms with Crippen LogP contribution in [0.2, 0.25) is 5.02 Å². The summed E-state index contributed by atoms with van der Waals surface area (Å²) in [5.41, 5.74) is 6.56. The molecule has 0 saturated carbocycles. The molecule has 0 radical (unpaired) electrons. The Hall–Kier alpha value is -3.10. The number of hydrazine groups is 1. The highest BCUT2D eigenvalue weighted by atomic mass is 35.5. The lowest BCUT2D eigenvalue weighted by molar-refractivity contribution is 0.0848. The van der Waals surface area contributed by atoms with Crippen LogP contribution in [-0.4, -0.2) is 30.0 Å². The molecule has 0 unspecified atom stereocenters. The van der Waals surface area contributed by atoms with Crippen molar-refractivity contribution in [3.63, 3.8) is 0 Å². The number of rotatable bonds is 3. The van der Waals surface area contributed by atoms with Crippen LogP contribution in [0.25, 0.3) is 10.6 Å². The molecule has 148 valence electrons. The van der Waals surface area contributed by atoms with Crippen LogP contribution in [0.4, 0.5) is 0 Å². The van der Waals surface area contributed by atoms with Crippen molar-refractivity contribution in [2.45, 2.75) is 6.92 Å². The van der Waals surface area contributed by atoms with E-state index in [9.17, 15) is 9.59 Å². The molecule has 29 heavy (non-hydrogen) atoms. The van der Waals surface area contributed by atoms with Crippen LogP contribution < -0.4 is 20.3 Å². The van der Waals surface area contributed by atoms with Crippen molar-refractivity contribution < 1.29 is 19.1 Å². The average Bonchev–Trinajstić information content (AvgIpc) is 3.14. The van der Waals surface area contributed by atoms with Gasteiger partial charge in [-0.2, -0.15) is 0 Å². The zero-order chi connectivity index (χ0) is 20.4. The van der Waals surface area contributed by atoms with E-state index in [0.717, 1.165) is 10.6 Å². The lowest BCUT2D eigenvalue weighted by atomic mass is 10.2. The molecule has 1 aliphatic heterocycles. The second kappa shape index (κ2) is 8.10. The van der Waals surface area contributed by atoms with Gasteiger partial charge in [0.2, 0.25) is 0 Å². The number of nitrogens with one attached hydrogen (secondary N) is 2. The van der Waals surface area contributed by atoms with E-state index >= 15 is 0 Å². The Balaban J connectivity index is 1.46. The maximum absolute atomic E-state index is 12.5. The summed E-state index contributed by atoms with van der Waals surface area (Å²) < 4.78 is 10.9. The van der Waals surface area contributed by atoms with Gasteiger partial charge in [-0.3, -0.25) is 20.4 Å². The number of thiazole rings is 1. The minimum atomic E-state index is -0.525. The van der Waals surface area contributed by atoms with Crippen molar-refractivity contribution in [1.29, 1.82) is 0 Å². The minimum Gasteiger partial charge on any atom is -0.486 e.